The van der Waals surface area contributed by atoms with Crippen LogP contribution in [-0.4, -0.2) is 53.2 Å². The summed E-state index contributed by atoms with van der Waals surface area (Å²) in [6, 6.07) is 8.15. The molecule has 1 aromatic heterocycles. The number of para-hydroxylation sites is 1. The van der Waals surface area contributed by atoms with Gasteiger partial charge in [-0.1, -0.05) is 18.2 Å². The molecule has 6 heteroatoms. The first-order chi connectivity index (χ1) is 12.6. The fourth-order valence-electron chi connectivity index (χ4n) is 4.42. The third-order valence-corrected chi connectivity index (χ3v) is 6.00. The molecule has 2 aliphatic rings. The van der Waals surface area contributed by atoms with Gasteiger partial charge in [0, 0.05) is 49.1 Å². The molecular weight excluding hydrogens is 332 g/mol. The number of aromatic nitrogens is 1. The van der Waals surface area contributed by atoms with Crippen LogP contribution in [-0.2, 0) is 20.7 Å². The van der Waals surface area contributed by atoms with E-state index in [4.69, 9.17) is 4.74 Å². The van der Waals surface area contributed by atoms with Gasteiger partial charge in [0.1, 0.15) is 0 Å². The molecule has 0 saturated carbocycles. The Kier molecular flexibility index (Phi) is 4.44. The predicted molar refractivity (Wildman–Crippen MR) is 96.8 cm³/mol. The molecule has 3 heterocycles. The highest BCUT2D eigenvalue weighted by molar-refractivity contribution is 5.83. The van der Waals surface area contributed by atoms with E-state index in [0.717, 1.165) is 18.4 Å². The van der Waals surface area contributed by atoms with Gasteiger partial charge in [-0.3, -0.25) is 9.59 Å². The van der Waals surface area contributed by atoms with Crippen molar-refractivity contribution in [1.82, 2.24) is 9.88 Å². The number of aryl methyl sites for hydroxylation is 1. The van der Waals surface area contributed by atoms with Crippen LogP contribution in [0.15, 0.2) is 30.5 Å². The summed E-state index contributed by atoms with van der Waals surface area (Å²) in [5.74, 6) is -0.828. The maximum absolute atomic E-state index is 12.6. The summed E-state index contributed by atoms with van der Waals surface area (Å²) >= 11 is 0. The number of nitrogens with zero attached hydrogens (tertiary/aromatic N) is 1. The van der Waals surface area contributed by atoms with Crippen molar-refractivity contribution >= 4 is 22.8 Å². The van der Waals surface area contributed by atoms with E-state index in [-0.39, 0.29) is 11.8 Å². The van der Waals surface area contributed by atoms with Gasteiger partial charge in [0.2, 0.25) is 5.91 Å². The Hall–Kier alpha value is -2.34. The minimum Gasteiger partial charge on any atom is -0.481 e. The summed E-state index contributed by atoms with van der Waals surface area (Å²) in [6.45, 7) is 1.72. The largest absolute Gasteiger partial charge is 0.481 e. The Morgan fingerprint density at radius 3 is 3.00 bits per heavy atom. The minimum atomic E-state index is -0.815. The number of nitrogens with one attached hydrogen (secondary N) is 1. The summed E-state index contributed by atoms with van der Waals surface area (Å²) in [5.41, 5.74) is 1.52. The Balaban J connectivity index is 1.36. The number of H-pyrrole nitrogens is 1. The minimum absolute atomic E-state index is 0.0554. The van der Waals surface area contributed by atoms with Gasteiger partial charge in [-0.2, -0.15) is 0 Å². The normalized spacial score (nSPS) is 25.4. The van der Waals surface area contributed by atoms with E-state index in [1.165, 1.54) is 10.9 Å². The van der Waals surface area contributed by atoms with Crippen molar-refractivity contribution < 1.29 is 19.4 Å². The quantitative estimate of drug-likeness (QED) is 0.862. The lowest BCUT2D eigenvalue weighted by Gasteiger charge is -2.33. The number of carbonyl (C=O) groups is 2. The third kappa shape index (κ3) is 2.88. The maximum atomic E-state index is 12.6. The van der Waals surface area contributed by atoms with Gasteiger partial charge in [-0.25, -0.2) is 0 Å². The molecule has 0 spiro atoms. The number of amides is 1. The molecule has 0 unspecified atom stereocenters. The first-order valence-corrected chi connectivity index (χ1v) is 9.24. The van der Waals surface area contributed by atoms with E-state index >= 15 is 0 Å². The van der Waals surface area contributed by atoms with E-state index in [9.17, 15) is 14.7 Å². The number of fused-ring (bicyclic) bond motifs is 2. The van der Waals surface area contributed by atoms with E-state index in [2.05, 4.69) is 11.1 Å². The van der Waals surface area contributed by atoms with Crippen LogP contribution in [0.4, 0.5) is 0 Å². The number of carbonyl (C=O) groups excluding carboxylic acids is 1. The van der Waals surface area contributed by atoms with Crippen LogP contribution < -0.4 is 0 Å². The summed E-state index contributed by atoms with van der Waals surface area (Å²) in [5, 5.41) is 10.9. The molecule has 2 fully saturated rings. The van der Waals surface area contributed by atoms with Crippen LogP contribution in [0, 0.1) is 11.3 Å². The molecule has 4 rings (SSSR count). The van der Waals surface area contributed by atoms with Crippen LogP contribution in [0.25, 0.3) is 10.9 Å². The second-order valence-corrected chi connectivity index (χ2v) is 7.47. The highest BCUT2D eigenvalue weighted by Gasteiger charge is 2.54. The summed E-state index contributed by atoms with van der Waals surface area (Å²) in [6.07, 6.45) is 4.55. The van der Waals surface area contributed by atoms with Gasteiger partial charge >= 0.3 is 5.97 Å². The van der Waals surface area contributed by atoms with Gasteiger partial charge in [0.05, 0.1) is 12.0 Å². The molecule has 2 atom stereocenters. The molecule has 1 aromatic carbocycles. The van der Waals surface area contributed by atoms with E-state index < -0.39 is 11.4 Å². The number of likely N-dealkylation sites (tertiary alicyclic amines) is 1. The number of aliphatic carboxylic acids is 1. The first-order valence-electron chi connectivity index (χ1n) is 9.24. The molecule has 0 bridgehead atoms. The summed E-state index contributed by atoms with van der Waals surface area (Å²) in [4.78, 5) is 29.4. The lowest BCUT2D eigenvalue weighted by Crippen LogP contribution is -2.45. The van der Waals surface area contributed by atoms with Crippen molar-refractivity contribution in [3.8, 4) is 0 Å². The maximum Gasteiger partial charge on any atom is 0.311 e. The molecule has 0 aliphatic carbocycles. The van der Waals surface area contributed by atoms with Gasteiger partial charge in [-0.05, 0) is 30.9 Å². The number of ether oxygens (including phenoxy) is 1. The van der Waals surface area contributed by atoms with Crippen molar-refractivity contribution in [1.29, 1.82) is 0 Å². The Labute approximate surface area is 152 Å². The topological polar surface area (TPSA) is 82.6 Å². The molecule has 2 aromatic rings. The smallest absolute Gasteiger partial charge is 0.311 e. The monoisotopic (exact) mass is 356 g/mol. The molecule has 26 heavy (non-hydrogen) atoms. The molecule has 138 valence electrons. The fraction of sp³-hybridized carbons (Fsp3) is 0.500. The molecule has 0 radical (unpaired) electrons. The Bertz CT molecular complexity index is 830. The van der Waals surface area contributed by atoms with Crippen LogP contribution in [0.3, 0.4) is 0 Å². The highest BCUT2D eigenvalue weighted by atomic mass is 16.5. The predicted octanol–water partition coefficient (Wildman–Crippen LogP) is 2.44. The van der Waals surface area contributed by atoms with Gasteiger partial charge < -0.3 is 19.7 Å². The number of hydrogen-bond acceptors (Lipinski definition) is 3. The number of hydrogen-bond donors (Lipinski definition) is 2. The summed E-state index contributed by atoms with van der Waals surface area (Å²) in [7, 11) is 0. The van der Waals surface area contributed by atoms with Crippen molar-refractivity contribution in [2.75, 3.05) is 26.3 Å². The second kappa shape index (κ2) is 6.76. The zero-order valence-corrected chi connectivity index (χ0v) is 14.7. The SMILES string of the molecule is O=C(CCCc1c[nH]c2ccccc12)N1C[C@H]2COCC[C@@]2(C(=O)O)C1. The van der Waals surface area contributed by atoms with Gasteiger partial charge in [0.25, 0.3) is 0 Å². The number of carboxylic acid groups (broad SMARTS) is 1. The molecular formula is C20H24N2O4. The van der Waals surface area contributed by atoms with Crippen LogP contribution in [0.2, 0.25) is 0 Å². The van der Waals surface area contributed by atoms with Crippen LogP contribution >= 0.6 is 0 Å². The Morgan fingerprint density at radius 1 is 1.35 bits per heavy atom. The molecule has 1 amide bonds. The number of rotatable bonds is 5. The Morgan fingerprint density at radius 2 is 2.19 bits per heavy atom. The molecule has 2 aliphatic heterocycles. The van der Waals surface area contributed by atoms with Gasteiger partial charge in [0.15, 0.2) is 0 Å². The lowest BCUT2D eigenvalue weighted by molar-refractivity contribution is -0.157. The summed E-state index contributed by atoms with van der Waals surface area (Å²) < 4.78 is 5.45. The zero-order valence-electron chi connectivity index (χ0n) is 14.7. The second-order valence-electron chi connectivity index (χ2n) is 7.47. The average molecular weight is 356 g/mol. The van der Waals surface area contributed by atoms with E-state index in [1.807, 2.05) is 24.4 Å². The standard InChI is InChI=1S/C20H24N2O4/c23-18(7-3-4-14-10-21-17-6-2-1-5-16(14)17)22-11-15-12-26-9-8-20(15,13-22)19(24)25/h1-2,5-6,10,15,21H,3-4,7-9,11-13H2,(H,24,25)/t15-,20+/m0/s1. The molecule has 2 N–H and O–H groups in total. The zero-order chi connectivity index (χ0) is 18.1. The van der Waals surface area contributed by atoms with Crippen molar-refractivity contribution in [3.05, 3.63) is 36.0 Å². The van der Waals surface area contributed by atoms with Crippen LogP contribution in [0.1, 0.15) is 24.8 Å². The van der Waals surface area contributed by atoms with Crippen molar-refractivity contribution in [2.24, 2.45) is 11.3 Å². The van der Waals surface area contributed by atoms with E-state index in [1.54, 1.807) is 4.90 Å². The number of aromatic amines is 1. The first kappa shape index (κ1) is 17.1. The van der Waals surface area contributed by atoms with Crippen molar-refractivity contribution in [2.45, 2.75) is 25.7 Å². The van der Waals surface area contributed by atoms with E-state index in [0.29, 0.717) is 39.1 Å². The van der Waals surface area contributed by atoms with Crippen molar-refractivity contribution in [3.63, 3.8) is 0 Å². The third-order valence-electron chi connectivity index (χ3n) is 6.00. The average Bonchev–Trinajstić information content (AvgIpc) is 3.24. The number of benzene rings is 1. The number of carboxylic acids is 1. The van der Waals surface area contributed by atoms with Crippen LogP contribution in [0.5, 0.6) is 0 Å². The highest BCUT2D eigenvalue weighted by Crippen LogP contribution is 2.42. The van der Waals surface area contributed by atoms with Gasteiger partial charge in [-0.15, -0.1) is 0 Å². The molecule has 6 nitrogen and oxygen atoms in total. The fourth-order valence-corrected chi connectivity index (χ4v) is 4.42. The lowest BCUT2D eigenvalue weighted by atomic mass is 9.74. The molecule has 2 saturated heterocycles.